The first kappa shape index (κ1) is 18.6. The molecule has 0 aliphatic carbocycles. The highest BCUT2D eigenvalue weighted by molar-refractivity contribution is 5.88. The second kappa shape index (κ2) is 7.61. The minimum absolute atomic E-state index is 0.0940. The SMILES string of the molecule is CCOC(=O)C([C@@H](c1ccc(C)cc1)c1c[nH]c2c(C)cccc12)[N+](=O)[O-]. The van der Waals surface area contributed by atoms with Crippen LogP contribution in [-0.2, 0) is 9.53 Å². The molecule has 2 aromatic carbocycles. The van der Waals surface area contributed by atoms with Crippen LogP contribution < -0.4 is 0 Å². The lowest BCUT2D eigenvalue weighted by Crippen LogP contribution is -2.37. The first-order valence-corrected chi connectivity index (χ1v) is 8.87. The molecule has 0 saturated heterocycles. The van der Waals surface area contributed by atoms with Gasteiger partial charge in [0, 0.05) is 22.0 Å². The zero-order chi connectivity index (χ0) is 19.6. The summed E-state index contributed by atoms with van der Waals surface area (Å²) < 4.78 is 5.03. The van der Waals surface area contributed by atoms with Gasteiger partial charge in [-0.15, -0.1) is 0 Å². The van der Waals surface area contributed by atoms with Crippen LogP contribution in [0.3, 0.4) is 0 Å². The molecule has 140 valence electrons. The van der Waals surface area contributed by atoms with Crippen LogP contribution in [-0.4, -0.2) is 28.5 Å². The molecule has 0 aliphatic heterocycles. The largest absolute Gasteiger partial charge is 0.461 e. The number of ether oxygens (including phenoxy) is 1. The topological polar surface area (TPSA) is 85.2 Å². The molecule has 1 aromatic heterocycles. The lowest BCUT2D eigenvalue weighted by Gasteiger charge is -2.20. The van der Waals surface area contributed by atoms with E-state index in [0.717, 1.165) is 22.0 Å². The van der Waals surface area contributed by atoms with Crippen LogP contribution in [0.5, 0.6) is 0 Å². The summed E-state index contributed by atoms with van der Waals surface area (Å²) in [5, 5.41) is 12.8. The Balaban J connectivity index is 2.23. The van der Waals surface area contributed by atoms with Gasteiger partial charge in [0.1, 0.15) is 0 Å². The van der Waals surface area contributed by atoms with E-state index in [9.17, 15) is 14.9 Å². The van der Waals surface area contributed by atoms with Crippen LogP contribution in [0, 0.1) is 24.0 Å². The Morgan fingerprint density at radius 2 is 1.89 bits per heavy atom. The molecule has 0 fully saturated rings. The molecule has 1 heterocycles. The van der Waals surface area contributed by atoms with Crippen molar-refractivity contribution in [1.82, 2.24) is 4.98 Å². The molecule has 0 bridgehead atoms. The van der Waals surface area contributed by atoms with E-state index in [1.165, 1.54) is 0 Å². The number of nitro groups is 1. The molecule has 6 heteroatoms. The number of nitrogens with zero attached hydrogens (tertiary/aromatic N) is 1. The summed E-state index contributed by atoms with van der Waals surface area (Å²) >= 11 is 0. The van der Waals surface area contributed by atoms with Crippen LogP contribution in [0.25, 0.3) is 10.9 Å². The molecular weight excluding hydrogens is 344 g/mol. The molecule has 0 saturated carbocycles. The van der Waals surface area contributed by atoms with Gasteiger partial charge in [-0.1, -0.05) is 48.0 Å². The highest BCUT2D eigenvalue weighted by Gasteiger charge is 2.43. The van der Waals surface area contributed by atoms with Crippen molar-refractivity contribution in [2.45, 2.75) is 32.7 Å². The Kier molecular flexibility index (Phi) is 5.26. The number of hydrogen-bond donors (Lipinski definition) is 1. The summed E-state index contributed by atoms with van der Waals surface area (Å²) in [6.07, 6.45) is 1.76. The Labute approximate surface area is 157 Å². The molecule has 3 aromatic rings. The molecule has 2 atom stereocenters. The fourth-order valence-corrected chi connectivity index (χ4v) is 3.46. The van der Waals surface area contributed by atoms with Gasteiger partial charge in [0.15, 0.2) is 0 Å². The van der Waals surface area contributed by atoms with Gasteiger partial charge in [-0.05, 0) is 37.5 Å². The molecule has 3 rings (SSSR count). The standard InChI is InChI=1S/C21H22N2O4/c1-4-27-21(24)20(23(25)26)18(15-10-8-13(2)9-11-15)17-12-22-19-14(3)6-5-7-16(17)19/h5-12,18,20,22H,4H2,1-3H3/t18-,20?/m0/s1. The number of nitrogens with one attached hydrogen (secondary N) is 1. The van der Waals surface area contributed by atoms with E-state index in [1.54, 1.807) is 13.1 Å². The van der Waals surface area contributed by atoms with Crippen molar-refractivity contribution in [2.75, 3.05) is 6.61 Å². The van der Waals surface area contributed by atoms with E-state index in [-0.39, 0.29) is 6.61 Å². The van der Waals surface area contributed by atoms with Crippen molar-refractivity contribution < 1.29 is 14.5 Å². The minimum atomic E-state index is -1.52. The second-order valence-corrected chi connectivity index (χ2v) is 6.61. The smallest absolute Gasteiger partial charge is 0.382 e. The van der Waals surface area contributed by atoms with Gasteiger partial charge >= 0.3 is 12.0 Å². The van der Waals surface area contributed by atoms with Gasteiger partial charge in [0.05, 0.1) is 12.5 Å². The minimum Gasteiger partial charge on any atom is -0.461 e. The Morgan fingerprint density at radius 3 is 2.52 bits per heavy atom. The maximum absolute atomic E-state index is 12.5. The number of aryl methyl sites for hydroxylation is 2. The first-order valence-electron chi connectivity index (χ1n) is 8.87. The molecule has 6 nitrogen and oxygen atoms in total. The normalized spacial score (nSPS) is 13.3. The summed E-state index contributed by atoms with van der Waals surface area (Å²) in [5.41, 5.74) is 4.41. The second-order valence-electron chi connectivity index (χ2n) is 6.61. The van der Waals surface area contributed by atoms with Gasteiger partial charge in [-0.3, -0.25) is 10.1 Å². The van der Waals surface area contributed by atoms with E-state index in [1.807, 2.05) is 56.3 Å². The summed E-state index contributed by atoms with van der Waals surface area (Å²) in [5.74, 6) is -1.58. The Bertz CT molecular complexity index is 976. The number of H-pyrrole nitrogens is 1. The molecule has 27 heavy (non-hydrogen) atoms. The van der Waals surface area contributed by atoms with Crippen LogP contribution >= 0.6 is 0 Å². The quantitative estimate of drug-likeness (QED) is 0.404. The maximum atomic E-state index is 12.5. The van der Waals surface area contributed by atoms with Crippen molar-refractivity contribution >= 4 is 16.9 Å². The van der Waals surface area contributed by atoms with E-state index in [2.05, 4.69) is 4.98 Å². The van der Waals surface area contributed by atoms with Crippen molar-refractivity contribution in [1.29, 1.82) is 0 Å². The molecule has 0 amide bonds. The van der Waals surface area contributed by atoms with Crippen molar-refractivity contribution in [3.8, 4) is 0 Å². The van der Waals surface area contributed by atoms with Gasteiger partial charge in [0.2, 0.25) is 0 Å². The van der Waals surface area contributed by atoms with E-state index < -0.39 is 22.9 Å². The third-order valence-corrected chi connectivity index (χ3v) is 4.80. The number of carbonyl (C=O) groups excluding carboxylic acids is 1. The highest BCUT2D eigenvalue weighted by atomic mass is 16.6. The number of hydrogen-bond acceptors (Lipinski definition) is 4. The lowest BCUT2D eigenvalue weighted by molar-refractivity contribution is -0.513. The Morgan fingerprint density at radius 1 is 1.19 bits per heavy atom. The zero-order valence-corrected chi connectivity index (χ0v) is 15.6. The third kappa shape index (κ3) is 3.56. The van der Waals surface area contributed by atoms with Crippen molar-refractivity contribution in [2.24, 2.45) is 0 Å². The maximum Gasteiger partial charge on any atom is 0.382 e. The summed E-state index contributed by atoms with van der Waals surface area (Å²) in [4.78, 5) is 27.0. The molecule has 0 aliphatic rings. The van der Waals surface area contributed by atoms with Gasteiger partial charge < -0.3 is 9.72 Å². The number of esters is 1. The monoisotopic (exact) mass is 366 g/mol. The number of benzene rings is 2. The molecule has 1 N–H and O–H groups in total. The third-order valence-electron chi connectivity index (χ3n) is 4.80. The summed E-state index contributed by atoms with van der Waals surface area (Å²) in [6.45, 7) is 5.66. The number of rotatable bonds is 6. The number of aromatic nitrogens is 1. The zero-order valence-electron chi connectivity index (χ0n) is 15.6. The van der Waals surface area contributed by atoms with Crippen LogP contribution in [0.2, 0.25) is 0 Å². The van der Waals surface area contributed by atoms with Gasteiger partial charge in [0.25, 0.3) is 0 Å². The lowest BCUT2D eigenvalue weighted by atomic mass is 9.84. The van der Waals surface area contributed by atoms with Gasteiger partial charge in [-0.25, -0.2) is 4.79 Å². The molecular formula is C21H22N2O4. The average Bonchev–Trinajstić information content (AvgIpc) is 3.05. The summed E-state index contributed by atoms with van der Waals surface area (Å²) in [6, 6.07) is 11.7. The van der Waals surface area contributed by atoms with E-state index in [0.29, 0.717) is 11.1 Å². The highest BCUT2D eigenvalue weighted by Crippen LogP contribution is 2.36. The average molecular weight is 366 g/mol. The summed E-state index contributed by atoms with van der Waals surface area (Å²) in [7, 11) is 0. The van der Waals surface area contributed by atoms with E-state index >= 15 is 0 Å². The first-order chi connectivity index (χ1) is 12.9. The van der Waals surface area contributed by atoms with Crippen molar-refractivity contribution in [3.63, 3.8) is 0 Å². The van der Waals surface area contributed by atoms with Gasteiger partial charge in [-0.2, -0.15) is 0 Å². The van der Waals surface area contributed by atoms with Crippen LogP contribution in [0.4, 0.5) is 0 Å². The van der Waals surface area contributed by atoms with Crippen LogP contribution in [0.15, 0.2) is 48.7 Å². The molecule has 0 spiro atoms. The number of fused-ring (bicyclic) bond motifs is 1. The fourth-order valence-electron chi connectivity index (χ4n) is 3.46. The predicted molar refractivity (Wildman–Crippen MR) is 103 cm³/mol. The number of para-hydroxylation sites is 1. The van der Waals surface area contributed by atoms with Crippen LogP contribution in [0.1, 0.15) is 35.1 Å². The molecule has 1 unspecified atom stereocenters. The Hall–Kier alpha value is -3.15. The number of carbonyl (C=O) groups is 1. The predicted octanol–water partition coefficient (Wildman–Crippen LogP) is 4.13. The molecule has 0 radical (unpaired) electrons. The fraction of sp³-hybridized carbons (Fsp3) is 0.286. The number of aromatic amines is 1. The van der Waals surface area contributed by atoms with E-state index in [4.69, 9.17) is 4.74 Å². The van der Waals surface area contributed by atoms with Crippen molar-refractivity contribution in [3.05, 3.63) is 81.0 Å².